The molecule has 0 spiro atoms. The molecule has 0 heterocycles. The van der Waals surface area contributed by atoms with Crippen molar-refractivity contribution in [2.24, 2.45) is 0 Å². The molecule has 18 heavy (non-hydrogen) atoms. The Kier molecular flexibility index (Phi) is 5.03. The molecule has 2 nitrogen and oxygen atoms in total. The van der Waals surface area contributed by atoms with E-state index in [1.807, 2.05) is 18.2 Å². The van der Waals surface area contributed by atoms with Gasteiger partial charge in [-0.1, -0.05) is 37.1 Å². The molecule has 1 aromatic carbocycles. The van der Waals surface area contributed by atoms with Crippen LogP contribution in [0.4, 0.5) is 0 Å². The highest BCUT2D eigenvalue weighted by Gasteiger charge is 1.91. The Morgan fingerprint density at radius 2 is 2.11 bits per heavy atom. The van der Waals surface area contributed by atoms with Crippen LogP contribution in [0.15, 0.2) is 60.8 Å². The summed E-state index contributed by atoms with van der Waals surface area (Å²) < 4.78 is 0. The lowest BCUT2D eigenvalue weighted by molar-refractivity contribution is 1.04. The van der Waals surface area contributed by atoms with Crippen molar-refractivity contribution in [3.63, 3.8) is 0 Å². The van der Waals surface area contributed by atoms with Crippen LogP contribution in [0, 0.1) is 23.2 Å². The molecule has 1 rings (SSSR count). The van der Waals surface area contributed by atoms with Crippen molar-refractivity contribution < 1.29 is 0 Å². The Morgan fingerprint density at radius 3 is 2.72 bits per heavy atom. The van der Waals surface area contributed by atoms with E-state index >= 15 is 0 Å². The molecule has 88 valence electrons. The Labute approximate surface area is 108 Å². The van der Waals surface area contributed by atoms with Crippen LogP contribution in [-0.4, -0.2) is 7.05 Å². The van der Waals surface area contributed by atoms with Gasteiger partial charge in [-0.15, -0.1) is 0 Å². The molecule has 0 atom stereocenters. The van der Waals surface area contributed by atoms with E-state index in [0.717, 1.165) is 16.8 Å². The SMILES string of the molecule is C=C/C(C#Cc1cccc(C#N)c1)=C\C(=C)NC. The Morgan fingerprint density at radius 1 is 1.39 bits per heavy atom. The number of hydrogen-bond acceptors (Lipinski definition) is 2. The fraction of sp³-hybridized carbons (Fsp3) is 0.0625. The first kappa shape index (κ1) is 13.4. The molecule has 0 amide bonds. The van der Waals surface area contributed by atoms with Gasteiger partial charge in [-0.3, -0.25) is 0 Å². The summed E-state index contributed by atoms with van der Waals surface area (Å²) in [5.74, 6) is 5.98. The smallest absolute Gasteiger partial charge is 0.0992 e. The average molecular weight is 234 g/mol. The van der Waals surface area contributed by atoms with Crippen molar-refractivity contribution in [2.75, 3.05) is 7.05 Å². The fourth-order valence-electron chi connectivity index (χ4n) is 1.22. The molecule has 0 aliphatic carbocycles. The third kappa shape index (κ3) is 4.04. The van der Waals surface area contributed by atoms with Gasteiger partial charge in [-0.25, -0.2) is 0 Å². The van der Waals surface area contributed by atoms with Crippen molar-refractivity contribution >= 4 is 0 Å². The molecular weight excluding hydrogens is 220 g/mol. The molecule has 0 aliphatic rings. The van der Waals surface area contributed by atoms with E-state index in [1.54, 1.807) is 25.3 Å². The van der Waals surface area contributed by atoms with Gasteiger partial charge in [0.15, 0.2) is 0 Å². The van der Waals surface area contributed by atoms with Gasteiger partial charge < -0.3 is 5.32 Å². The van der Waals surface area contributed by atoms with Crippen LogP contribution in [0.3, 0.4) is 0 Å². The predicted molar refractivity (Wildman–Crippen MR) is 74.5 cm³/mol. The Hall–Kier alpha value is -2.71. The standard InChI is InChI=1S/C16H14N2/c1-4-14(10-13(2)18-3)8-9-15-6-5-7-16(11-15)12-17/h4-7,10-11,18H,1-2H2,3H3/b14-10+. The van der Waals surface area contributed by atoms with Gasteiger partial charge in [-0.05, 0) is 24.3 Å². The van der Waals surface area contributed by atoms with Crippen molar-refractivity contribution in [1.29, 1.82) is 5.26 Å². The first-order valence-corrected chi connectivity index (χ1v) is 5.42. The number of nitrogens with one attached hydrogen (secondary N) is 1. The van der Waals surface area contributed by atoms with Crippen molar-refractivity contribution in [3.05, 3.63) is 72.0 Å². The van der Waals surface area contributed by atoms with E-state index in [0.29, 0.717) is 5.56 Å². The number of nitriles is 1. The molecule has 0 bridgehead atoms. The lowest BCUT2D eigenvalue weighted by atomic mass is 10.1. The minimum Gasteiger partial charge on any atom is -0.389 e. The van der Waals surface area contributed by atoms with Crippen LogP contribution in [-0.2, 0) is 0 Å². The van der Waals surface area contributed by atoms with Crippen LogP contribution in [0.1, 0.15) is 11.1 Å². The molecule has 1 N–H and O–H groups in total. The maximum atomic E-state index is 8.79. The van der Waals surface area contributed by atoms with Gasteiger partial charge in [0, 0.05) is 23.9 Å². The number of nitrogens with zero attached hydrogens (tertiary/aromatic N) is 1. The quantitative estimate of drug-likeness (QED) is 0.645. The van der Waals surface area contributed by atoms with Crippen molar-refractivity contribution in [3.8, 4) is 17.9 Å². The molecular formula is C16H14N2. The summed E-state index contributed by atoms with van der Waals surface area (Å²) in [4.78, 5) is 0. The van der Waals surface area contributed by atoms with Gasteiger partial charge in [0.2, 0.25) is 0 Å². The van der Waals surface area contributed by atoms with Crippen LogP contribution >= 0.6 is 0 Å². The molecule has 0 saturated heterocycles. The van der Waals surface area contributed by atoms with Gasteiger partial charge in [-0.2, -0.15) is 5.26 Å². The molecule has 1 aromatic rings. The highest BCUT2D eigenvalue weighted by molar-refractivity contribution is 5.48. The van der Waals surface area contributed by atoms with Crippen molar-refractivity contribution in [1.82, 2.24) is 5.32 Å². The van der Waals surface area contributed by atoms with E-state index in [2.05, 4.69) is 36.4 Å². The Balaban J connectivity index is 2.99. The van der Waals surface area contributed by atoms with E-state index in [9.17, 15) is 0 Å². The van der Waals surface area contributed by atoms with Gasteiger partial charge >= 0.3 is 0 Å². The summed E-state index contributed by atoms with van der Waals surface area (Å²) >= 11 is 0. The molecule has 0 radical (unpaired) electrons. The summed E-state index contributed by atoms with van der Waals surface area (Å²) in [6, 6.07) is 9.26. The number of rotatable bonds is 3. The van der Waals surface area contributed by atoms with E-state index in [1.165, 1.54) is 0 Å². The minimum absolute atomic E-state index is 0.602. The summed E-state index contributed by atoms with van der Waals surface area (Å²) in [6.45, 7) is 7.50. The average Bonchev–Trinajstić information content (AvgIpc) is 2.43. The molecule has 2 heteroatoms. The first-order chi connectivity index (χ1) is 8.69. The highest BCUT2D eigenvalue weighted by atomic mass is 14.8. The fourth-order valence-corrected chi connectivity index (χ4v) is 1.22. The van der Waals surface area contributed by atoms with E-state index in [4.69, 9.17) is 5.26 Å². The predicted octanol–water partition coefficient (Wildman–Crippen LogP) is 2.76. The van der Waals surface area contributed by atoms with E-state index in [-0.39, 0.29) is 0 Å². The monoisotopic (exact) mass is 234 g/mol. The largest absolute Gasteiger partial charge is 0.389 e. The molecule has 0 saturated carbocycles. The zero-order valence-corrected chi connectivity index (χ0v) is 10.3. The summed E-state index contributed by atoms with van der Waals surface area (Å²) in [6.07, 6.45) is 3.48. The third-order valence-corrected chi connectivity index (χ3v) is 2.21. The van der Waals surface area contributed by atoms with Gasteiger partial charge in [0.05, 0.1) is 11.6 Å². The lowest BCUT2D eigenvalue weighted by Gasteiger charge is -1.97. The van der Waals surface area contributed by atoms with Crippen molar-refractivity contribution in [2.45, 2.75) is 0 Å². The maximum Gasteiger partial charge on any atom is 0.0992 e. The van der Waals surface area contributed by atoms with Gasteiger partial charge in [0.1, 0.15) is 0 Å². The number of hydrogen-bond donors (Lipinski definition) is 1. The maximum absolute atomic E-state index is 8.79. The van der Waals surface area contributed by atoms with Crippen LogP contribution < -0.4 is 5.32 Å². The topological polar surface area (TPSA) is 35.8 Å². The normalized spacial score (nSPS) is 9.67. The van der Waals surface area contributed by atoms with E-state index < -0.39 is 0 Å². The zero-order valence-electron chi connectivity index (χ0n) is 10.3. The van der Waals surface area contributed by atoms with Crippen LogP contribution in [0.2, 0.25) is 0 Å². The van der Waals surface area contributed by atoms with Crippen LogP contribution in [0.5, 0.6) is 0 Å². The zero-order chi connectivity index (χ0) is 13.4. The van der Waals surface area contributed by atoms with Gasteiger partial charge in [0.25, 0.3) is 0 Å². The number of allylic oxidation sites excluding steroid dienone is 3. The summed E-state index contributed by atoms with van der Waals surface area (Å²) in [7, 11) is 1.80. The minimum atomic E-state index is 0.602. The highest BCUT2D eigenvalue weighted by Crippen LogP contribution is 2.04. The molecule has 0 fully saturated rings. The second-order valence-corrected chi connectivity index (χ2v) is 3.52. The molecule has 0 unspecified atom stereocenters. The first-order valence-electron chi connectivity index (χ1n) is 5.42. The second kappa shape index (κ2) is 6.78. The molecule has 0 aromatic heterocycles. The lowest BCUT2D eigenvalue weighted by Crippen LogP contribution is -2.01. The number of benzene rings is 1. The summed E-state index contributed by atoms with van der Waals surface area (Å²) in [5.41, 5.74) is 2.95. The third-order valence-electron chi connectivity index (χ3n) is 2.21. The Bertz CT molecular complexity index is 590. The van der Waals surface area contributed by atoms with Crippen LogP contribution in [0.25, 0.3) is 0 Å². The number of likely N-dealkylation sites (N-methyl/N-ethyl adjacent to an activating group) is 1. The second-order valence-electron chi connectivity index (χ2n) is 3.52. The summed E-state index contributed by atoms with van der Waals surface area (Å²) in [5, 5.41) is 11.7. The molecule has 0 aliphatic heterocycles.